The summed E-state index contributed by atoms with van der Waals surface area (Å²) in [6, 6.07) is 0. The van der Waals surface area contributed by atoms with E-state index < -0.39 is 11.7 Å². The van der Waals surface area contributed by atoms with Gasteiger partial charge in [0.25, 0.3) is 5.56 Å². The zero-order valence-electron chi connectivity index (χ0n) is 10.4. The summed E-state index contributed by atoms with van der Waals surface area (Å²) in [6.07, 6.45) is 4.69. The van der Waals surface area contributed by atoms with Gasteiger partial charge in [0.15, 0.2) is 0 Å². The van der Waals surface area contributed by atoms with E-state index in [1.807, 2.05) is 0 Å². The molecule has 2 aromatic heterocycles. The smallest absolute Gasteiger partial charge is 0.347 e. The fourth-order valence-corrected chi connectivity index (χ4v) is 2.66. The van der Waals surface area contributed by atoms with Crippen LogP contribution >= 0.6 is 11.3 Å². The maximum atomic E-state index is 12.1. The van der Waals surface area contributed by atoms with Crippen LogP contribution in [0.1, 0.15) is 22.2 Å². The third kappa shape index (κ3) is 2.12. The maximum Gasteiger partial charge on any atom is 0.347 e. The maximum absolute atomic E-state index is 12.1. The van der Waals surface area contributed by atoms with E-state index in [9.17, 15) is 14.4 Å². The van der Waals surface area contributed by atoms with Crippen LogP contribution < -0.4 is 11.2 Å². The lowest BCUT2D eigenvalue weighted by molar-refractivity contribution is 0.0701. The highest BCUT2D eigenvalue weighted by Crippen LogP contribution is 2.17. The van der Waals surface area contributed by atoms with E-state index in [2.05, 4.69) is 0 Å². The van der Waals surface area contributed by atoms with Crippen LogP contribution in [0, 0.1) is 6.92 Å². The Labute approximate surface area is 111 Å². The number of aromatic nitrogens is 2. The molecule has 0 saturated heterocycles. The summed E-state index contributed by atoms with van der Waals surface area (Å²) in [7, 11) is 0. The number of hydrogen-bond donors (Lipinski definition) is 1. The van der Waals surface area contributed by atoms with Crippen molar-refractivity contribution in [2.24, 2.45) is 0 Å². The van der Waals surface area contributed by atoms with Gasteiger partial charge < -0.3 is 5.11 Å². The number of thiazole rings is 1. The summed E-state index contributed by atoms with van der Waals surface area (Å²) in [5, 5.41) is 8.95. The van der Waals surface area contributed by atoms with Crippen LogP contribution in [0.4, 0.5) is 0 Å². The second kappa shape index (κ2) is 4.85. The first-order valence-electron chi connectivity index (χ1n) is 5.57. The first-order valence-corrected chi connectivity index (χ1v) is 6.39. The fraction of sp³-hybridized carbons (Fsp3) is 0.250. The van der Waals surface area contributed by atoms with E-state index in [0.717, 1.165) is 15.9 Å². The number of aromatic carboxylic acids is 1. The number of carbonyl (C=O) groups is 1. The Balaban J connectivity index is 2.84. The highest BCUT2D eigenvalue weighted by molar-refractivity contribution is 7.19. The Kier molecular flexibility index (Phi) is 3.39. The Morgan fingerprint density at radius 1 is 1.47 bits per heavy atom. The van der Waals surface area contributed by atoms with E-state index >= 15 is 0 Å². The van der Waals surface area contributed by atoms with Crippen LogP contribution in [0.15, 0.2) is 27.9 Å². The van der Waals surface area contributed by atoms with Gasteiger partial charge in [0.2, 0.25) is 0 Å². The molecule has 0 atom stereocenters. The molecule has 6 nitrogen and oxygen atoms in total. The zero-order chi connectivity index (χ0) is 14.2. The standard InChI is InChI=1S/C12H12N2O4S/c1-3-4-5-13-9(15)7(2)10-14(12(13)18)6-8(19-10)11(16)17/h3-4,6H,5H2,1-2H3,(H,16,17)/b4-3+. The summed E-state index contributed by atoms with van der Waals surface area (Å²) in [6.45, 7) is 3.56. The molecular formula is C12H12N2O4S. The van der Waals surface area contributed by atoms with Gasteiger partial charge in [-0.2, -0.15) is 0 Å². The van der Waals surface area contributed by atoms with Crippen molar-refractivity contribution >= 4 is 22.1 Å². The molecule has 1 N–H and O–H groups in total. The molecule has 0 unspecified atom stereocenters. The molecule has 0 radical (unpaired) electrons. The third-order valence-corrected chi connectivity index (χ3v) is 3.93. The zero-order valence-corrected chi connectivity index (χ0v) is 11.2. The molecule has 2 aromatic rings. The number of hydrogen-bond acceptors (Lipinski definition) is 4. The second-order valence-corrected chi connectivity index (χ2v) is 5.00. The lowest BCUT2D eigenvalue weighted by Gasteiger charge is -2.04. The minimum atomic E-state index is -1.11. The lowest BCUT2D eigenvalue weighted by atomic mass is 10.3. The van der Waals surface area contributed by atoms with Crippen molar-refractivity contribution in [1.82, 2.24) is 8.97 Å². The second-order valence-electron chi connectivity index (χ2n) is 3.97. The van der Waals surface area contributed by atoms with Crippen molar-refractivity contribution in [3.63, 3.8) is 0 Å². The predicted molar refractivity (Wildman–Crippen MR) is 72.3 cm³/mol. The average molecular weight is 280 g/mol. The SMILES string of the molecule is C/C=C/Cn1c(=O)c(C)c2sc(C(=O)O)cn2c1=O. The van der Waals surface area contributed by atoms with Crippen molar-refractivity contribution in [3.8, 4) is 0 Å². The minimum absolute atomic E-state index is 0.0309. The molecule has 0 bridgehead atoms. The largest absolute Gasteiger partial charge is 0.477 e. The molecule has 0 aliphatic rings. The van der Waals surface area contributed by atoms with Gasteiger partial charge in [0, 0.05) is 18.3 Å². The number of nitrogens with zero attached hydrogens (tertiary/aromatic N) is 2. The van der Waals surface area contributed by atoms with E-state index in [0.29, 0.717) is 10.4 Å². The molecule has 0 aliphatic heterocycles. The number of carboxylic acid groups (broad SMARTS) is 1. The number of fused-ring (bicyclic) bond motifs is 1. The molecule has 0 amide bonds. The van der Waals surface area contributed by atoms with E-state index in [1.54, 1.807) is 26.0 Å². The van der Waals surface area contributed by atoms with E-state index in [4.69, 9.17) is 5.11 Å². The van der Waals surface area contributed by atoms with Crippen LogP contribution in [0.25, 0.3) is 4.83 Å². The Morgan fingerprint density at radius 3 is 2.74 bits per heavy atom. The molecule has 2 rings (SSSR count). The summed E-state index contributed by atoms with van der Waals surface area (Å²) in [5.74, 6) is -1.11. The number of rotatable bonds is 3. The molecule has 0 spiro atoms. The van der Waals surface area contributed by atoms with Crippen molar-refractivity contribution in [2.75, 3.05) is 0 Å². The summed E-state index contributed by atoms with van der Waals surface area (Å²) in [5.41, 5.74) is -0.532. The van der Waals surface area contributed by atoms with Crippen molar-refractivity contribution in [2.45, 2.75) is 20.4 Å². The highest BCUT2D eigenvalue weighted by Gasteiger charge is 2.16. The normalized spacial score (nSPS) is 11.5. The van der Waals surface area contributed by atoms with Crippen LogP contribution in [0.3, 0.4) is 0 Å². The Hall–Kier alpha value is -2.15. The third-order valence-electron chi connectivity index (χ3n) is 2.73. The monoisotopic (exact) mass is 280 g/mol. The van der Waals surface area contributed by atoms with Gasteiger partial charge in [-0.3, -0.25) is 13.8 Å². The first-order chi connectivity index (χ1) is 8.97. The number of allylic oxidation sites excluding steroid dienone is 2. The molecule has 0 fully saturated rings. The minimum Gasteiger partial charge on any atom is -0.477 e. The lowest BCUT2D eigenvalue weighted by Crippen LogP contribution is -2.37. The van der Waals surface area contributed by atoms with Gasteiger partial charge in [-0.25, -0.2) is 9.59 Å². The predicted octanol–water partition coefficient (Wildman–Crippen LogP) is 1.11. The molecule has 0 saturated carbocycles. The summed E-state index contributed by atoms with van der Waals surface area (Å²) in [4.78, 5) is 35.6. The summed E-state index contributed by atoms with van der Waals surface area (Å²) < 4.78 is 2.30. The molecular weight excluding hydrogens is 268 g/mol. The number of carboxylic acids is 1. The Bertz CT molecular complexity index is 794. The van der Waals surface area contributed by atoms with Crippen molar-refractivity contribution in [3.05, 3.63) is 49.6 Å². The highest BCUT2D eigenvalue weighted by atomic mass is 32.1. The molecule has 0 aliphatic carbocycles. The topological polar surface area (TPSA) is 80.8 Å². The first kappa shape index (κ1) is 13.3. The molecule has 100 valence electrons. The summed E-state index contributed by atoms with van der Waals surface area (Å²) >= 11 is 0.925. The fourth-order valence-electron chi connectivity index (χ4n) is 1.74. The van der Waals surface area contributed by atoms with Gasteiger partial charge in [-0.05, 0) is 13.8 Å². The molecule has 2 heterocycles. The quantitative estimate of drug-likeness (QED) is 0.854. The van der Waals surface area contributed by atoms with Crippen LogP contribution in [0.5, 0.6) is 0 Å². The van der Waals surface area contributed by atoms with E-state index in [1.165, 1.54) is 10.6 Å². The van der Waals surface area contributed by atoms with Crippen molar-refractivity contribution < 1.29 is 9.90 Å². The van der Waals surface area contributed by atoms with Gasteiger partial charge in [-0.1, -0.05) is 12.2 Å². The number of aryl methyl sites for hydroxylation is 1. The molecule has 7 heteroatoms. The Morgan fingerprint density at radius 2 is 2.16 bits per heavy atom. The van der Waals surface area contributed by atoms with Gasteiger partial charge in [0.05, 0.1) is 0 Å². The molecule has 19 heavy (non-hydrogen) atoms. The average Bonchev–Trinajstić information content (AvgIpc) is 2.82. The van der Waals surface area contributed by atoms with Gasteiger partial charge >= 0.3 is 11.7 Å². The molecule has 0 aromatic carbocycles. The van der Waals surface area contributed by atoms with Gasteiger partial charge in [0.1, 0.15) is 9.71 Å². The van der Waals surface area contributed by atoms with Crippen molar-refractivity contribution in [1.29, 1.82) is 0 Å². The van der Waals surface area contributed by atoms with Crippen LogP contribution in [-0.4, -0.2) is 20.0 Å². The van der Waals surface area contributed by atoms with Crippen LogP contribution in [-0.2, 0) is 6.54 Å². The van der Waals surface area contributed by atoms with Crippen LogP contribution in [0.2, 0.25) is 0 Å². The van der Waals surface area contributed by atoms with Gasteiger partial charge in [-0.15, -0.1) is 11.3 Å². The van der Waals surface area contributed by atoms with E-state index in [-0.39, 0.29) is 17.0 Å².